The largest absolute Gasteiger partial charge is 0.395 e. The van der Waals surface area contributed by atoms with E-state index < -0.39 is 41.5 Å². The molecule has 0 bridgehead atoms. The molecule has 0 radical (unpaired) electrons. The smallest absolute Gasteiger partial charge is 0.236 e. The number of hydrogen-bond donors (Lipinski definition) is 2. The van der Waals surface area contributed by atoms with Gasteiger partial charge < -0.3 is 20.0 Å². The van der Waals surface area contributed by atoms with Gasteiger partial charge in [-0.2, -0.15) is 0 Å². The number of hydrogen-bond acceptors (Lipinski definition) is 12. The van der Waals surface area contributed by atoms with Crippen molar-refractivity contribution in [2.45, 2.75) is 78.7 Å². The summed E-state index contributed by atoms with van der Waals surface area (Å²) in [5.41, 5.74) is 13.4. The number of likely N-dealkylation sites (N-methyl/N-ethyl adjacent to an activating group) is 1. The molecule has 0 aliphatic carbocycles. The number of carbonyl (C=O) groups excluding carboxylic acids is 8. The standard InChI is InChI=1S/C31H34N2O3.C30H33NO4.C30H31NO3/c1-21-12-11-17-25(22(21)2)29-26(30(35)23-13-7-5-8-14-23)18-33(20-28(34)32(3)4)19-27(29)31(36)24-15-9-6-10-16-24;1-20-10-9-15-25(21(20)2)28-26(29(34)22-11-5-3-6-12-22)16-31(24(18-32)19-33)17-27(28)30(35)23-13-7-4-8-14-23;1-4-27(32)31-18-25(29(33)22-13-7-5-8-14-22)28(24-17-11-12-20(2)21(24)3)26(19-31)30(34)23-15-9-6-10-16-23/h5-17,26-27,29H,18-20H2,1-4H3;3-15,24,26-28,32-33H,16-19H2,1-2H3;5-17,25-26,28H,4,18-19H2,1-3H3/t26-,27-;26-,27+,28+;25-,26+,28+/m0../s1. The normalized spacial score (nSPS) is 19.8. The lowest BCUT2D eigenvalue weighted by Crippen LogP contribution is -2.55. The van der Waals surface area contributed by atoms with Crippen LogP contribution in [0.3, 0.4) is 0 Å². The fourth-order valence-corrected chi connectivity index (χ4v) is 15.8. The van der Waals surface area contributed by atoms with E-state index in [0.717, 1.165) is 50.1 Å². The van der Waals surface area contributed by atoms with Crippen LogP contribution in [0, 0.1) is 77.0 Å². The third-order valence-corrected chi connectivity index (χ3v) is 22.0. The molecule has 2 amide bonds. The highest BCUT2D eigenvalue weighted by atomic mass is 16.3. The van der Waals surface area contributed by atoms with Crippen molar-refractivity contribution >= 4 is 46.5 Å². The van der Waals surface area contributed by atoms with Gasteiger partial charge in [0.25, 0.3) is 0 Å². The van der Waals surface area contributed by atoms with Gasteiger partial charge in [-0.1, -0.05) is 244 Å². The summed E-state index contributed by atoms with van der Waals surface area (Å²) in [5.74, 6) is -4.06. The zero-order chi connectivity index (χ0) is 75.0. The van der Waals surface area contributed by atoms with Gasteiger partial charge in [0.05, 0.1) is 25.8 Å². The predicted molar refractivity (Wildman–Crippen MR) is 413 cm³/mol. The Morgan fingerprint density at radius 3 is 0.838 bits per heavy atom. The number of benzene rings is 9. The first-order valence-corrected chi connectivity index (χ1v) is 36.6. The molecule has 0 saturated carbocycles. The average Bonchev–Trinajstić information content (AvgIpc) is 0.771. The first-order chi connectivity index (χ1) is 50.6. The number of amides is 2. The molecule has 2 N–H and O–H groups in total. The first-order valence-electron chi connectivity index (χ1n) is 36.6. The van der Waals surface area contributed by atoms with Gasteiger partial charge in [-0.15, -0.1) is 0 Å². The number of aliphatic hydroxyl groups is 2. The van der Waals surface area contributed by atoms with Gasteiger partial charge in [-0.25, -0.2) is 0 Å². The molecule has 3 saturated heterocycles. The predicted octanol–water partition coefficient (Wildman–Crippen LogP) is 14.5. The summed E-state index contributed by atoms with van der Waals surface area (Å²) >= 11 is 0. The average molecular weight is 1410 g/mol. The number of likely N-dealkylation sites (tertiary alicyclic amines) is 3. The van der Waals surface area contributed by atoms with Gasteiger partial charge in [-0.3, -0.25) is 48.2 Å². The van der Waals surface area contributed by atoms with Crippen molar-refractivity contribution in [1.29, 1.82) is 0 Å². The molecular weight excluding hydrogens is 1310 g/mol. The molecule has 8 atom stereocenters. The first kappa shape index (κ1) is 77.4. The van der Waals surface area contributed by atoms with E-state index in [1.54, 1.807) is 23.9 Å². The highest BCUT2D eigenvalue weighted by molar-refractivity contribution is 6.05. The summed E-state index contributed by atoms with van der Waals surface area (Å²) in [7, 11) is 3.45. The van der Waals surface area contributed by atoms with E-state index in [4.69, 9.17) is 0 Å². The second-order valence-electron chi connectivity index (χ2n) is 28.6. The van der Waals surface area contributed by atoms with E-state index in [1.807, 2.05) is 242 Å². The molecular formula is C91H98N4O10. The number of piperidine rings is 3. The number of Topliss-reactive ketones (excluding diaryl/α,β-unsaturated/α-hetero) is 6. The molecule has 3 heterocycles. The highest BCUT2D eigenvalue weighted by Gasteiger charge is 2.50. The molecule has 9 aromatic rings. The summed E-state index contributed by atoms with van der Waals surface area (Å²) in [5, 5.41) is 19.9. The van der Waals surface area contributed by atoms with Crippen molar-refractivity contribution in [3.63, 3.8) is 0 Å². The Morgan fingerprint density at radius 1 is 0.352 bits per heavy atom. The minimum Gasteiger partial charge on any atom is -0.395 e. The number of aryl methyl sites for hydroxylation is 3. The Morgan fingerprint density at radius 2 is 0.600 bits per heavy atom. The maximum Gasteiger partial charge on any atom is 0.236 e. The molecule has 9 aromatic carbocycles. The molecule has 105 heavy (non-hydrogen) atoms. The van der Waals surface area contributed by atoms with E-state index >= 15 is 0 Å². The number of carbonyl (C=O) groups is 8. The molecule has 14 nitrogen and oxygen atoms in total. The van der Waals surface area contributed by atoms with Gasteiger partial charge in [0.15, 0.2) is 34.7 Å². The minimum absolute atomic E-state index is 0.00868. The second-order valence-corrected chi connectivity index (χ2v) is 28.6. The molecule has 0 aromatic heterocycles. The lowest BCUT2D eigenvalue weighted by Gasteiger charge is -2.45. The van der Waals surface area contributed by atoms with E-state index in [9.17, 15) is 48.6 Å². The van der Waals surface area contributed by atoms with Crippen molar-refractivity contribution in [2.24, 2.45) is 35.5 Å². The SMILES string of the molecule is CCC(=O)N1C[C@H](C(=O)c2ccccc2)[C@@H](c2cccc(C)c2C)[C@H](C(=O)c2ccccc2)C1.Cc1cccc(C2[C@@H](C(=O)c3ccccc3)CN(CC(=O)N(C)C)C[C@@H]2C(=O)c2ccccc2)c1C.Cc1cccc([C@@H]2[C@@H](C(=O)c3ccccc3)CN(C(CO)CO)C[C@H]2C(=O)c2ccccc2)c1C. The van der Waals surface area contributed by atoms with Gasteiger partial charge in [0.2, 0.25) is 11.8 Å². The lowest BCUT2D eigenvalue weighted by molar-refractivity contribution is -0.133. The van der Waals surface area contributed by atoms with Crippen LogP contribution in [0.5, 0.6) is 0 Å². The van der Waals surface area contributed by atoms with Gasteiger partial charge in [-0.05, 0) is 91.6 Å². The third kappa shape index (κ3) is 18.0. The van der Waals surface area contributed by atoms with Crippen LogP contribution in [0.1, 0.15) is 143 Å². The Bertz CT molecular complexity index is 4310. The number of nitrogens with zero attached hydrogens (tertiary/aromatic N) is 4. The Balaban J connectivity index is 0.000000169. The van der Waals surface area contributed by atoms with Gasteiger partial charge in [0.1, 0.15) is 0 Å². The zero-order valence-corrected chi connectivity index (χ0v) is 61.8. The van der Waals surface area contributed by atoms with Crippen molar-refractivity contribution in [1.82, 2.24) is 19.6 Å². The van der Waals surface area contributed by atoms with Crippen molar-refractivity contribution < 1.29 is 48.6 Å². The molecule has 3 fully saturated rings. The number of rotatable bonds is 21. The molecule has 14 heteroatoms. The zero-order valence-electron chi connectivity index (χ0n) is 61.8. The Kier molecular flexibility index (Phi) is 26.5. The molecule has 3 aliphatic rings. The molecule has 3 aliphatic heterocycles. The topological polar surface area (TPSA) is 190 Å². The minimum atomic E-state index is -0.535. The van der Waals surface area contributed by atoms with Crippen molar-refractivity contribution in [2.75, 3.05) is 73.1 Å². The van der Waals surface area contributed by atoms with Crippen molar-refractivity contribution in [3.05, 3.63) is 320 Å². The van der Waals surface area contributed by atoms with Crippen LogP contribution < -0.4 is 0 Å². The highest BCUT2D eigenvalue weighted by Crippen LogP contribution is 2.46. The quantitative estimate of drug-likeness (QED) is 0.0649. The molecule has 0 spiro atoms. The number of aliphatic hydroxyl groups excluding tert-OH is 2. The summed E-state index contributed by atoms with van der Waals surface area (Å²) in [6.45, 7) is 16.0. The van der Waals surface area contributed by atoms with Gasteiger partial charge in [0, 0.05) is 146 Å². The van der Waals surface area contributed by atoms with E-state index in [0.29, 0.717) is 79.1 Å². The van der Waals surface area contributed by atoms with Crippen LogP contribution >= 0.6 is 0 Å². The van der Waals surface area contributed by atoms with Gasteiger partial charge >= 0.3 is 0 Å². The van der Waals surface area contributed by atoms with E-state index in [-0.39, 0.29) is 84.0 Å². The summed E-state index contributed by atoms with van der Waals surface area (Å²) in [6.07, 6.45) is 0.340. The van der Waals surface area contributed by atoms with E-state index in [2.05, 4.69) is 52.8 Å². The fraction of sp³-hybridized carbons (Fsp3) is 0.319. The Labute approximate surface area is 618 Å². The molecule has 12 rings (SSSR count). The summed E-state index contributed by atoms with van der Waals surface area (Å²) in [4.78, 5) is 116. The van der Waals surface area contributed by atoms with E-state index in [1.165, 1.54) is 0 Å². The molecule has 0 unspecified atom stereocenters. The summed E-state index contributed by atoms with van der Waals surface area (Å²) in [6, 6.07) is 73.1. The maximum atomic E-state index is 14.0. The monoisotopic (exact) mass is 1410 g/mol. The third-order valence-electron chi connectivity index (χ3n) is 22.0. The van der Waals surface area contributed by atoms with Crippen LogP contribution in [-0.4, -0.2) is 155 Å². The van der Waals surface area contributed by atoms with Crippen molar-refractivity contribution in [3.8, 4) is 0 Å². The summed E-state index contributed by atoms with van der Waals surface area (Å²) < 4.78 is 0. The molecule has 542 valence electrons. The Hall–Kier alpha value is -10.2. The van der Waals surface area contributed by atoms with Crippen LogP contribution in [0.25, 0.3) is 0 Å². The second kappa shape index (κ2) is 36.0. The van der Waals surface area contributed by atoms with Crippen LogP contribution in [0.15, 0.2) is 237 Å². The van der Waals surface area contributed by atoms with Crippen LogP contribution in [0.4, 0.5) is 0 Å². The number of ketones is 6. The fourth-order valence-electron chi connectivity index (χ4n) is 15.8. The van der Waals surface area contributed by atoms with Crippen LogP contribution in [-0.2, 0) is 9.59 Å². The lowest BCUT2D eigenvalue weighted by atomic mass is 9.67. The van der Waals surface area contributed by atoms with Crippen LogP contribution in [0.2, 0.25) is 0 Å². The maximum absolute atomic E-state index is 14.0.